The molecule has 0 aliphatic heterocycles. The van der Waals surface area contributed by atoms with Gasteiger partial charge in [-0.15, -0.1) is 0 Å². The van der Waals surface area contributed by atoms with Crippen LogP contribution in [-0.2, 0) is 62.8 Å². The van der Waals surface area contributed by atoms with Gasteiger partial charge in [0.1, 0.15) is 49.4 Å². The number of para-hydroxylation sites is 2. The maximum Gasteiger partial charge on any atom is 0.358 e. The van der Waals surface area contributed by atoms with Crippen LogP contribution in [0.5, 0.6) is 23.0 Å². The first-order valence-corrected chi connectivity index (χ1v) is 22.8. The maximum atomic E-state index is 13.6. The molecule has 0 saturated carbocycles. The Morgan fingerprint density at radius 2 is 0.767 bits per heavy atom. The molecule has 0 aliphatic rings. The second-order valence-corrected chi connectivity index (χ2v) is 17.7. The summed E-state index contributed by atoms with van der Waals surface area (Å²) in [6.07, 6.45) is 1.49. The Bertz CT molecular complexity index is 2090. The van der Waals surface area contributed by atoms with Crippen molar-refractivity contribution in [3.8, 4) is 23.0 Å². The van der Waals surface area contributed by atoms with Crippen molar-refractivity contribution in [1.29, 1.82) is 0 Å². The van der Waals surface area contributed by atoms with Crippen molar-refractivity contribution in [1.82, 2.24) is 0 Å². The van der Waals surface area contributed by atoms with Gasteiger partial charge in [-0.3, -0.25) is 9.13 Å². The predicted octanol–water partition coefficient (Wildman–Crippen LogP) is 6.34. The van der Waals surface area contributed by atoms with Crippen molar-refractivity contribution in [3.63, 3.8) is 0 Å². The molecular formula is C44H60O14P2. The normalized spacial score (nSPS) is 13.4. The number of hydrogen-bond acceptors (Lipinski definition) is 12. The zero-order valence-electron chi connectivity index (χ0n) is 35.9. The average Bonchev–Trinajstić information content (AvgIpc) is 3.23. The molecule has 4 aromatic rings. The number of benzene rings is 4. The van der Waals surface area contributed by atoms with Crippen molar-refractivity contribution in [2.45, 2.75) is 39.5 Å². The Kier molecular flexibility index (Phi) is 19.6. The van der Waals surface area contributed by atoms with Crippen molar-refractivity contribution >= 4 is 25.8 Å². The van der Waals surface area contributed by atoms with E-state index in [1.807, 2.05) is 36.4 Å². The van der Waals surface area contributed by atoms with Crippen LogP contribution in [0.2, 0.25) is 0 Å². The molecule has 0 aliphatic carbocycles. The molecule has 0 aromatic heterocycles. The van der Waals surface area contributed by atoms with Crippen molar-refractivity contribution in [2.75, 3.05) is 95.5 Å². The molecule has 2 N–H and O–H groups in total. The highest BCUT2D eigenvalue weighted by molar-refractivity contribution is 7.61. The highest BCUT2D eigenvalue weighted by Gasteiger charge is 2.28. The van der Waals surface area contributed by atoms with Crippen LogP contribution in [0.25, 0.3) is 0 Å². The fourth-order valence-electron chi connectivity index (χ4n) is 6.75. The minimum atomic E-state index is -4.27. The Balaban J connectivity index is 1.94. The number of ether oxygens (including phenoxy) is 8. The summed E-state index contributed by atoms with van der Waals surface area (Å²) >= 11 is 0. The largest absolute Gasteiger partial charge is 0.491 e. The third-order valence-corrected chi connectivity index (χ3v) is 12.5. The Labute approximate surface area is 354 Å². The molecule has 4 rings (SSSR count). The molecule has 0 fully saturated rings. The van der Waals surface area contributed by atoms with Gasteiger partial charge in [0, 0.05) is 61.9 Å². The van der Waals surface area contributed by atoms with Crippen molar-refractivity contribution in [2.24, 2.45) is 0 Å². The van der Waals surface area contributed by atoms with Crippen LogP contribution in [0.4, 0.5) is 0 Å². The number of methoxy groups -OCH3 is 4. The Morgan fingerprint density at radius 3 is 1.13 bits per heavy atom. The highest BCUT2D eigenvalue weighted by Crippen LogP contribution is 2.44. The molecule has 2 atom stereocenters. The van der Waals surface area contributed by atoms with Gasteiger partial charge in [0.05, 0.1) is 37.0 Å². The monoisotopic (exact) mass is 874 g/mol. The van der Waals surface area contributed by atoms with E-state index >= 15 is 0 Å². The molecule has 0 heterocycles. The Morgan fingerprint density at radius 1 is 0.450 bits per heavy atom. The van der Waals surface area contributed by atoms with Crippen LogP contribution in [0.1, 0.15) is 51.4 Å². The van der Waals surface area contributed by atoms with E-state index in [2.05, 4.69) is 6.92 Å². The number of rotatable bonds is 27. The molecule has 0 bridgehead atoms. The summed E-state index contributed by atoms with van der Waals surface area (Å²) in [6.45, 7) is 6.22. The van der Waals surface area contributed by atoms with E-state index in [0.29, 0.717) is 79.0 Å². The zero-order chi connectivity index (χ0) is 43.7. The first kappa shape index (κ1) is 48.9. The summed E-state index contributed by atoms with van der Waals surface area (Å²) in [5, 5.41) is 0.220. The molecule has 4 aromatic carbocycles. The molecule has 2 unspecified atom stereocenters. The van der Waals surface area contributed by atoms with Gasteiger partial charge in [0.25, 0.3) is 0 Å². The maximum absolute atomic E-state index is 13.6. The van der Waals surface area contributed by atoms with Crippen LogP contribution in [0.15, 0.2) is 60.7 Å². The van der Waals surface area contributed by atoms with Gasteiger partial charge >= 0.3 is 15.2 Å². The smallest absolute Gasteiger partial charge is 0.358 e. The second kappa shape index (κ2) is 24.0. The summed E-state index contributed by atoms with van der Waals surface area (Å²) in [6, 6.07) is 18.2. The van der Waals surface area contributed by atoms with Crippen LogP contribution < -0.4 is 29.6 Å². The third-order valence-electron chi connectivity index (χ3n) is 9.73. The molecule has 0 saturated heterocycles. The van der Waals surface area contributed by atoms with E-state index in [1.54, 1.807) is 59.6 Å². The lowest BCUT2D eigenvalue weighted by atomic mass is 9.93. The van der Waals surface area contributed by atoms with Gasteiger partial charge in [-0.05, 0) is 82.1 Å². The quantitative estimate of drug-likeness (QED) is 0.0503. The van der Waals surface area contributed by atoms with E-state index in [0.717, 1.165) is 34.4 Å². The van der Waals surface area contributed by atoms with E-state index in [9.17, 15) is 18.9 Å². The summed E-state index contributed by atoms with van der Waals surface area (Å²) < 4.78 is 83.5. The third kappa shape index (κ3) is 13.1. The fourth-order valence-corrected chi connectivity index (χ4v) is 8.49. The van der Waals surface area contributed by atoms with E-state index < -0.39 is 15.2 Å². The highest BCUT2D eigenvalue weighted by atomic mass is 31.2. The van der Waals surface area contributed by atoms with Crippen LogP contribution in [-0.4, -0.2) is 105 Å². The van der Waals surface area contributed by atoms with Gasteiger partial charge in [0.2, 0.25) is 0 Å². The zero-order valence-corrected chi connectivity index (χ0v) is 37.7. The van der Waals surface area contributed by atoms with E-state index in [4.69, 9.17) is 46.9 Å². The fraction of sp³-hybridized carbons (Fsp3) is 0.455. The average molecular weight is 875 g/mol. The molecule has 60 heavy (non-hydrogen) atoms. The first-order valence-electron chi connectivity index (χ1n) is 19.6. The Hall–Kier alpha value is -3.78. The minimum absolute atomic E-state index is 0.0947. The first-order chi connectivity index (χ1) is 28.9. The lowest BCUT2D eigenvalue weighted by molar-refractivity contribution is 0.144. The van der Waals surface area contributed by atoms with E-state index in [-0.39, 0.29) is 43.3 Å². The molecule has 0 amide bonds. The number of aryl methyl sites for hydroxylation is 2. The van der Waals surface area contributed by atoms with Crippen molar-refractivity contribution < 1.29 is 65.9 Å². The summed E-state index contributed by atoms with van der Waals surface area (Å²) in [5.74, 6) is 2.32. The van der Waals surface area contributed by atoms with Crippen molar-refractivity contribution in [3.05, 3.63) is 105 Å². The van der Waals surface area contributed by atoms with Gasteiger partial charge < -0.3 is 56.7 Å². The van der Waals surface area contributed by atoms with Gasteiger partial charge in [0.15, 0.2) is 0 Å². The van der Waals surface area contributed by atoms with Gasteiger partial charge in [-0.1, -0.05) is 43.3 Å². The predicted molar refractivity (Wildman–Crippen MR) is 231 cm³/mol. The van der Waals surface area contributed by atoms with Crippen LogP contribution in [0.3, 0.4) is 0 Å². The second-order valence-electron chi connectivity index (χ2n) is 13.8. The molecular weight excluding hydrogens is 814 g/mol. The standard InChI is InChI=1S/C44H60O14P2/c1-9-32-12-10-13-33(42(32)56-21-17-50-4)26-37-29-40(60(47,48)54-8)30-38(44(37)58-23-19-52-6)27-35-15-11-14-34(43(35)57-22-18-51-5)25-36-28-39(59(45,46)53-7)24-31(2)41(36)55-20-16-49-3/h10-15,24,28-30H,9,16-23,25-27H2,1-8H3,(H,45,46)(H,47,48). The van der Waals surface area contributed by atoms with E-state index in [1.165, 1.54) is 14.2 Å². The van der Waals surface area contributed by atoms with Crippen LogP contribution in [0, 0.1) is 6.92 Å². The lowest BCUT2D eigenvalue weighted by Crippen LogP contribution is -2.16. The van der Waals surface area contributed by atoms with Crippen LogP contribution >= 0.6 is 15.2 Å². The summed E-state index contributed by atoms with van der Waals surface area (Å²) in [4.78, 5) is 21.8. The molecule has 330 valence electrons. The van der Waals surface area contributed by atoms with Gasteiger partial charge in [-0.2, -0.15) is 0 Å². The molecule has 14 nitrogen and oxygen atoms in total. The number of hydrogen-bond donors (Lipinski definition) is 2. The summed E-state index contributed by atoms with van der Waals surface area (Å²) in [7, 11) is 0.362. The SMILES string of the molecule is CCc1cccc(Cc2cc(P(=O)(O)OC)cc(Cc3cccc(Cc4cc(P(=O)(O)OC)cc(C)c4OCCOC)c3OCCOC)c2OCCOC)c1OCCOC. The lowest BCUT2D eigenvalue weighted by Gasteiger charge is -2.23. The molecule has 0 radical (unpaired) electrons. The van der Waals surface area contributed by atoms with Gasteiger partial charge in [-0.25, -0.2) is 0 Å². The molecule has 0 spiro atoms. The molecule has 16 heteroatoms. The summed E-state index contributed by atoms with van der Waals surface area (Å²) in [5.41, 5.74) is 5.89. The topological polar surface area (TPSA) is 167 Å². The minimum Gasteiger partial charge on any atom is -0.491 e.